The van der Waals surface area contributed by atoms with Crippen molar-refractivity contribution in [1.29, 1.82) is 0 Å². The number of ether oxygens (including phenoxy) is 1. The maximum Gasteiger partial charge on any atom is 0.337 e. The first kappa shape index (κ1) is 16.4. The summed E-state index contributed by atoms with van der Waals surface area (Å²) in [6.45, 7) is 0. The van der Waals surface area contributed by atoms with Gasteiger partial charge in [-0.2, -0.15) is 27.6 Å². The molecule has 2 rings (SSSR count). The van der Waals surface area contributed by atoms with Crippen LogP contribution < -0.4 is 5.43 Å². The highest BCUT2D eigenvalue weighted by Gasteiger charge is 2.20. The molecule has 0 saturated carbocycles. The Morgan fingerprint density at radius 2 is 1.70 bits per heavy atom. The van der Waals surface area contributed by atoms with Crippen LogP contribution in [0.5, 0.6) is 0 Å². The topological polar surface area (TPSA) is 63.6 Å². The first-order chi connectivity index (χ1) is 10.9. The van der Waals surface area contributed by atoms with E-state index < -0.39 is 35.2 Å². The number of hydrogen-bond donors (Lipinski definition) is 1. The zero-order chi connectivity index (χ0) is 17.0. The number of hydrazone groups is 1. The first-order valence-electron chi connectivity index (χ1n) is 6.11. The monoisotopic (exact) mass is 327 g/mol. The number of pyridine rings is 1. The maximum atomic E-state index is 13.3. The van der Waals surface area contributed by atoms with E-state index in [0.29, 0.717) is 11.1 Å². The molecule has 2 aromatic rings. The number of carbonyl (C=O) groups is 1. The van der Waals surface area contributed by atoms with Crippen molar-refractivity contribution in [3.8, 4) is 0 Å². The number of esters is 1. The number of rotatable bonds is 4. The van der Waals surface area contributed by atoms with E-state index >= 15 is 0 Å². The van der Waals surface area contributed by atoms with Gasteiger partial charge in [0.2, 0.25) is 11.6 Å². The minimum absolute atomic E-state index is 0.299. The van der Waals surface area contributed by atoms with Crippen molar-refractivity contribution in [3.05, 3.63) is 58.9 Å². The second kappa shape index (κ2) is 6.86. The van der Waals surface area contributed by atoms with Crippen LogP contribution in [0.15, 0.2) is 29.4 Å². The number of carbonyl (C=O) groups excluding carboxylic acids is 1. The highest BCUT2D eigenvalue weighted by Crippen LogP contribution is 2.21. The van der Waals surface area contributed by atoms with Crippen LogP contribution in [0.4, 0.5) is 23.2 Å². The quantitative estimate of drug-likeness (QED) is 0.308. The minimum Gasteiger partial charge on any atom is -0.465 e. The van der Waals surface area contributed by atoms with Crippen LogP contribution >= 0.6 is 0 Å². The molecule has 1 N–H and O–H groups in total. The van der Waals surface area contributed by atoms with Crippen molar-refractivity contribution in [2.75, 3.05) is 12.5 Å². The molecule has 0 spiro atoms. The summed E-state index contributed by atoms with van der Waals surface area (Å²) in [5, 5.41) is 3.48. The van der Waals surface area contributed by atoms with Gasteiger partial charge in [-0.1, -0.05) is 12.1 Å². The SMILES string of the molecule is COC(=O)c1ccc(/C=N\Nc2c(F)c(F)nc(F)c2F)cc1. The van der Waals surface area contributed by atoms with Gasteiger partial charge < -0.3 is 4.74 Å². The van der Waals surface area contributed by atoms with Gasteiger partial charge in [0, 0.05) is 0 Å². The van der Waals surface area contributed by atoms with Crippen molar-refractivity contribution in [2.24, 2.45) is 5.10 Å². The average molecular weight is 327 g/mol. The van der Waals surface area contributed by atoms with Gasteiger partial charge in [0.25, 0.3) is 11.9 Å². The van der Waals surface area contributed by atoms with Crippen LogP contribution in [0, 0.1) is 23.5 Å². The van der Waals surface area contributed by atoms with Gasteiger partial charge >= 0.3 is 5.97 Å². The van der Waals surface area contributed by atoms with Gasteiger partial charge in [-0.15, -0.1) is 0 Å². The van der Waals surface area contributed by atoms with Crippen molar-refractivity contribution < 1.29 is 27.1 Å². The highest BCUT2D eigenvalue weighted by atomic mass is 19.2. The second-order valence-corrected chi connectivity index (χ2v) is 4.18. The summed E-state index contributed by atoms with van der Waals surface area (Å²) in [7, 11) is 1.23. The Balaban J connectivity index is 2.15. The Kier molecular flexibility index (Phi) is 4.89. The average Bonchev–Trinajstić information content (AvgIpc) is 2.56. The Hall–Kier alpha value is -2.97. The molecule has 0 aliphatic heterocycles. The number of benzene rings is 1. The summed E-state index contributed by atoms with van der Waals surface area (Å²) < 4.78 is 56.9. The van der Waals surface area contributed by atoms with E-state index in [-0.39, 0.29) is 0 Å². The molecule has 23 heavy (non-hydrogen) atoms. The molecule has 0 fully saturated rings. The summed E-state index contributed by atoms with van der Waals surface area (Å²) in [4.78, 5) is 13.6. The molecule has 0 atom stereocenters. The lowest BCUT2D eigenvalue weighted by atomic mass is 10.1. The third kappa shape index (κ3) is 3.62. The summed E-state index contributed by atoms with van der Waals surface area (Å²) >= 11 is 0. The lowest BCUT2D eigenvalue weighted by molar-refractivity contribution is 0.0600. The van der Waals surface area contributed by atoms with Crippen LogP contribution in [0.2, 0.25) is 0 Å². The largest absolute Gasteiger partial charge is 0.465 e. The molecule has 9 heteroatoms. The van der Waals surface area contributed by atoms with Gasteiger partial charge in [0.1, 0.15) is 5.69 Å². The lowest BCUT2D eigenvalue weighted by Gasteiger charge is -2.04. The number of halogens is 4. The summed E-state index contributed by atoms with van der Waals surface area (Å²) in [5.41, 5.74) is 1.53. The van der Waals surface area contributed by atoms with Crippen LogP contribution in [0.25, 0.3) is 0 Å². The zero-order valence-electron chi connectivity index (χ0n) is 11.6. The Bertz CT molecular complexity index is 737. The van der Waals surface area contributed by atoms with Crippen molar-refractivity contribution in [1.82, 2.24) is 4.98 Å². The van der Waals surface area contributed by atoms with Gasteiger partial charge in [0.05, 0.1) is 18.9 Å². The maximum absolute atomic E-state index is 13.3. The first-order valence-corrected chi connectivity index (χ1v) is 6.11. The molecular weight excluding hydrogens is 318 g/mol. The molecule has 1 aromatic carbocycles. The number of nitrogens with one attached hydrogen (secondary N) is 1. The van der Waals surface area contributed by atoms with Crippen LogP contribution in [-0.2, 0) is 4.74 Å². The number of anilines is 1. The van der Waals surface area contributed by atoms with Crippen molar-refractivity contribution in [2.45, 2.75) is 0 Å². The smallest absolute Gasteiger partial charge is 0.337 e. The molecule has 1 aromatic heterocycles. The molecule has 0 bridgehead atoms. The molecular formula is C14H9F4N3O2. The highest BCUT2D eigenvalue weighted by molar-refractivity contribution is 5.90. The third-order valence-corrected chi connectivity index (χ3v) is 2.72. The van der Waals surface area contributed by atoms with E-state index in [1.54, 1.807) is 0 Å². The van der Waals surface area contributed by atoms with Crippen LogP contribution in [0.1, 0.15) is 15.9 Å². The fourth-order valence-corrected chi connectivity index (χ4v) is 1.58. The Morgan fingerprint density at radius 1 is 1.13 bits per heavy atom. The van der Waals surface area contributed by atoms with Gasteiger partial charge in [-0.3, -0.25) is 5.43 Å². The molecule has 0 aliphatic carbocycles. The van der Waals surface area contributed by atoms with Gasteiger partial charge in [-0.05, 0) is 17.7 Å². The van der Waals surface area contributed by atoms with Crippen molar-refractivity contribution >= 4 is 17.9 Å². The predicted molar refractivity (Wildman–Crippen MR) is 73.1 cm³/mol. The molecule has 0 saturated heterocycles. The fraction of sp³-hybridized carbons (Fsp3) is 0.0714. The number of hydrogen-bond acceptors (Lipinski definition) is 5. The number of aromatic nitrogens is 1. The normalized spacial score (nSPS) is 10.8. The van der Waals surface area contributed by atoms with E-state index in [9.17, 15) is 22.4 Å². The molecule has 0 amide bonds. The molecule has 0 aliphatic rings. The molecule has 0 radical (unpaired) electrons. The number of methoxy groups -OCH3 is 1. The zero-order valence-corrected chi connectivity index (χ0v) is 11.6. The summed E-state index contributed by atoms with van der Waals surface area (Å²) in [5.74, 6) is -7.49. The summed E-state index contributed by atoms with van der Waals surface area (Å²) in [6.07, 6.45) is 1.14. The molecule has 1 heterocycles. The minimum atomic E-state index is -1.79. The standard InChI is InChI=1S/C14H9F4N3O2/c1-23-14(22)8-4-2-7(3-5-8)6-19-21-11-9(15)12(17)20-13(18)10(11)16/h2-6H,1H3,(H,20,21)/b19-6-. The van der Waals surface area contributed by atoms with E-state index in [2.05, 4.69) is 14.8 Å². The Morgan fingerprint density at radius 3 is 2.22 bits per heavy atom. The van der Waals surface area contributed by atoms with Gasteiger partial charge in [0.15, 0.2) is 0 Å². The predicted octanol–water partition coefficient (Wildman–Crippen LogP) is 2.87. The second-order valence-electron chi connectivity index (χ2n) is 4.18. The van der Waals surface area contributed by atoms with Gasteiger partial charge in [-0.25, -0.2) is 4.79 Å². The lowest BCUT2D eigenvalue weighted by Crippen LogP contribution is -2.06. The Labute approximate surface area is 127 Å². The summed E-state index contributed by atoms with van der Waals surface area (Å²) in [6, 6.07) is 5.86. The van der Waals surface area contributed by atoms with E-state index in [0.717, 1.165) is 6.21 Å². The van der Waals surface area contributed by atoms with Crippen molar-refractivity contribution in [3.63, 3.8) is 0 Å². The van der Waals surface area contributed by atoms with E-state index in [1.807, 2.05) is 5.43 Å². The number of nitrogens with zero attached hydrogens (tertiary/aromatic N) is 2. The molecule has 0 unspecified atom stereocenters. The van der Waals surface area contributed by atoms with E-state index in [1.165, 1.54) is 31.4 Å². The fourth-order valence-electron chi connectivity index (χ4n) is 1.58. The van der Waals surface area contributed by atoms with E-state index in [4.69, 9.17) is 0 Å². The third-order valence-electron chi connectivity index (χ3n) is 2.72. The van der Waals surface area contributed by atoms with Crippen LogP contribution in [-0.4, -0.2) is 24.3 Å². The van der Waals surface area contributed by atoms with Crippen LogP contribution in [0.3, 0.4) is 0 Å². The molecule has 5 nitrogen and oxygen atoms in total. The molecule has 120 valence electrons.